The second kappa shape index (κ2) is 8.10. The van der Waals surface area contributed by atoms with Crippen LogP contribution in [-0.2, 0) is 13.6 Å². The molecule has 0 bridgehead atoms. The molecule has 1 atom stereocenters. The van der Waals surface area contributed by atoms with Crippen molar-refractivity contribution in [2.45, 2.75) is 12.6 Å². The van der Waals surface area contributed by atoms with Crippen LogP contribution in [0, 0.1) is 5.82 Å². The number of hydrogen-bond donors (Lipinski definition) is 1. The average Bonchev–Trinajstić information content (AvgIpc) is 3.37. The number of nitrogens with zero attached hydrogens (tertiary/aromatic N) is 4. The van der Waals surface area contributed by atoms with E-state index in [0.717, 1.165) is 11.1 Å². The Morgan fingerprint density at radius 3 is 2.59 bits per heavy atom. The molecule has 1 amide bonds. The number of aromatic nitrogens is 4. The fraction of sp³-hybridized carbons (Fsp3) is 0.136. The molecule has 7 heteroatoms. The Morgan fingerprint density at radius 2 is 1.90 bits per heavy atom. The lowest BCUT2D eigenvalue weighted by atomic mass is 10.1. The highest BCUT2D eigenvalue weighted by Crippen LogP contribution is 2.21. The van der Waals surface area contributed by atoms with Crippen LogP contribution in [0.1, 0.15) is 33.4 Å². The van der Waals surface area contributed by atoms with Crippen molar-refractivity contribution in [2.75, 3.05) is 0 Å². The van der Waals surface area contributed by atoms with E-state index in [4.69, 9.17) is 0 Å². The van der Waals surface area contributed by atoms with E-state index in [9.17, 15) is 9.18 Å². The Bertz CT molecular complexity index is 1100. The summed E-state index contributed by atoms with van der Waals surface area (Å²) >= 11 is 0. The summed E-state index contributed by atoms with van der Waals surface area (Å²) in [4.78, 5) is 17.2. The van der Waals surface area contributed by atoms with Gasteiger partial charge in [-0.2, -0.15) is 5.10 Å². The molecule has 0 aliphatic carbocycles. The number of benzene rings is 2. The molecule has 4 rings (SSSR count). The van der Waals surface area contributed by atoms with Gasteiger partial charge in [0.1, 0.15) is 17.7 Å². The van der Waals surface area contributed by atoms with Crippen LogP contribution in [0.15, 0.2) is 79.4 Å². The van der Waals surface area contributed by atoms with Gasteiger partial charge in [0.25, 0.3) is 5.91 Å². The van der Waals surface area contributed by atoms with Gasteiger partial charge in [-0.05, 0) is 23.3 Å². The van der Waals surface area contributed by atoms with Crippen molar-refractivity contribution >= 4 is 5.91 Å². The summed E-state index contributed by atoms with van der Waals surface area (Å²) < 4.78 is 16.9. The lowest BCUT2D eigenvalue weighted by Crippen LogP contribution is -2.31. The Hall–Kier alpha value is -3.74. The average molecular weight is 389 g/mol. The van der Waals surface area contributed by atoms with Crippen molar-refractivity contribution in [3.63, 3.8) is 0 Å². The summed E-state index contributed by atoms with van der Waals surface area (Å²) in [5.41, 5.74) is 2.28. The molecule has 1 N–H and O–H groups in total. The van der Waals surface area contributed by atoms with Gasteiger partial charge in [-0.3, -0.25) is 9.48 Å². The highest BCUT2D eigenvalue weighted by Gasteiger charge is 2.22. The summed E-state index contributed by atoms with van der Waals surface area (Å²) in [5.74, 6) is 0.0455. The minimum absolute atomic E-state index is 0.276. The van der Waals surface area contributed by atoms with Crippen molar-refractivity contribution in [3.8, 4) is 0 Å². The summed E-state index contributed by atoms with van der Waals surface area (Å²) in [7, 11) is 1.85. The number of hydrogen-bond acceptors (Lipinski definition) is 3. The second-order valence-corrected chi connectivity index (χ2v) is 6.77. The zero-order valence-corrected chi connectivity index (χ0v) is 15.9. The topological polar surface area (TPSA) is 64.7 Å². The maximum absolute atomic E-state index is 13.4. The predicted molar refractivity (Wildman–Crippen MR) is 107 cm³/mol. The molecule has 0 aliphatic heterocycles. The molecule has 0 spiro atoms. The normalized spacial score (nSPS) is 11.9. The van der Waals surface area contributed by atoms with Crippen molar-refractivity contribution in [3.05, 3.63) is 108 Å². The zero-order valence-electron chi connectivity index (χ0n) is 15.9. The lowest BCUT2D eigenvalue weighted by Gasteiger charge is -2.19. The first-order valence-corrected chi connectivity index (χ1v) is 9.20. The molecule has 4 aromatic rings. The summed E-state index contributed by atoms with van der Waals surface area (Å²) in [6, 6.07) is 15.4. The van der Waals surface area contributed by atoms with Gasteiger partial charge >= 0.3 is 0 Å². The third-order valence-electron chi connectivity index (χ3n) is 4.68. The molecule has 0 saturated heterocycles. The molecule has 0 aliphatic rings. The molecule has 146 valence electrons. The van der Waals surface area contributed by atoms with Crippen molar-refractivity contribution in [1.29, 1.82) is 0 Å². The fourth-order valence-corrected chi connectivity index (χ4v) is 3.16. The molecular weight excluding hydrogens is 369 g/mol. The maximum atomic E-state index is 13.4. The number of rotatable bonds is 6. The zero-order chi connectivity index (χ0) is 20.2. The lowest BCUT2D eigenvalue weighted by molar-refractivity contribution is 0.0941. The first-order valence-electron chi connectivity index (χ1n) is 9.20. The highest BCUT2D eigenvalue weighted by molar-refractivity contribution is 5.94. The molecule has 0 fully saturated rings. The number of amides is 1. The van der Waals surface area contributed by atoms with E-state index in [2.05, 4.69) is 15.4 Å². The van der Waals surface area contributed by atoms with Crippen LogP contribution in [0.4, 0.5) is 4.39 Å². The van der Waals surface area contributed by atoms with Crippen LogP contribution < -0.4 is 5.32 Å². The van der Waals surface area contributed by atoms with Gasteiger partial charge in [0.05, 0.1) is 18.3 Å². The summed E-state index contributed by atoms with van der Waals surface area (Å²) in [6.07, 6.45) is 6.71. The molecule has 6 nitrogen and oxygen atoms in total. The number of imidazole rings is 1. The molecule has 0 radical (unpaired) electrons. The van der Waals surface area contributed by atoms with Gasteiger partial charge in [-0.25, -0.2) is 9.37 Å². The number of halogens is 1. The number of aryl methyl sites for hydroxylation is 1. The third kappa shape index (κ3) is 4.24. The van der Waals surface area contributed by atoms with E-state index in [-0.39, 0.29) is 11.7 Å². The Labute approximate surface area is 167 Å². The van der Waals surface area contributed by atoms with Gasteiger partial charge in [0.2, 0.25) is 0 Å². The van der Waals surface area contributed by atoms with E-state index in [1.807, 2.05) is 41.9 Å². The molecule has 0 unspecified atom stereocenters. The molecule has 29 heavy (non-hydrogen) atoms. The smallest absolute Gasteiger partial charge is 0.255 e. The first-order chi connectivity index (χ1) is 14.1. The van der Waals surface area contributed by atoms with Crippen LogP contribution in [0.2, 0.25) is 0 Å². The van der Waals surface area contributed by atoms with E-state index < -0.39 is 6.04 Å². The van der Waals surface area contributed by atoms with Crippen LogP contribution in [0.3, 0.4) is 0 Å². The Balaban J connectivity index is 1.55. The third-order valence-corrected chi connectivity index (χ3v) is 4.68. The van der Waals surface area contributed by atoms with Crippen LogP contribution in [0.25, 0.3) is 0 Å². The summed E-state index contributed by atoms with van der Waals surface area (Å²) in [5, 5.41) is 7.28. The van der Waals surface area contributed by atoms with E-state index >= 15 is 0 Å². The maximum Gasteiger partial charge on any atom is 0.255 e. The number of carbonyl (C=O) groups is 1. The number of carbonyl (C=O) groups excluding carboxylic acids is 1. The second-order valence-electron chi connectivity index (χ2n) is 6.77. The molecular formula is C22H20FN5O. The molecule has 2 aromatic carbocycles. The number of nitrogens with one attached hydrogen (secondary N) is 1. The minimum Gasteiger partial charge on any atom is -0.338 e. The van der Waals surface area contributed by atoms with Crippen LogP contribution >= 0.6 is 0 Å². The van der Waals surface area contributed by atoms with Gasteiger partial charge in [-0.15, -0.1) is 0 Å². The molecule has 2 heterocycles. The van der Waals surface area contributed by atoms with Crippen molar-refractivity contribution in [1.82, 2.24) is 24.6 Å². The van der Waals surface area contributed by atoms with Crippen LogP contribution in [0.5, 0.6) is 0 Å². The van der Waals surface area contributed by atoms with Crippen molar-refractivity contribution < 1.29 is 9.18 Å². The monoisotopic (exact) mass is 389 g/mol. The molecule has 2 aromatic heterocycles. The predicted octanol–water partition coefficient (Wildman–Crippen LogP) is 3.32. The Morgan fingerprint density at radius 1 is 1.14 bits per heavy atom. The van der Waals surface area contributed by atoms with Crippen molar-refractivity contribution in [2.24, 2.45) is 7.05 Å². The fourth-order valence-electron chi connectivity index (χ4n) is 3.16. The van der Waals surface area contributed by atoms with Gasteiger partial charge in [0.15, 0.2) is 0 Å². The minimum atomic E-state index is -0.513. The SMILES string of the molecule is Cn1ccnc1[C@H](NC(=O)c1cnn(Cc2ccccc2)c1)c1ccc(F)cc1. The van der Waals surface area contributed by atoms with E-state index in [1.165, 1.54) is 12.1 Å². The summed E-state index contributed by atoms with van der Waals surface area (Å²) in [6.45, 7) is 0.578. The van der Waals surface area contributed by atoms with E-state index in [0.29, 0.717) is 17.9 Å². The standard InChI is InChI=1S/C22H20FN5O/c1-27-12-11-24-21(27)20(17-7-9-19(23)10-8-17)26-22(29)18-13-25-28(15-18)14-16-5-3-2-4-6-16/h2-13,15,20H,14H2,1H3,(H,26,29)/t20-/m1/s1. The van der Waals surface area contributed by atoms with Crippen LogP contribution in [-0.4, -0.2) is 25.2 Å². The first kappa shape index (κ1) is 18.6. The van der Waals surface area contributed by atoms with Gasteiger partial charge in [0, 0.05) is 25.6 Å². The quantitative estimate of drug-likeness (QED) is 0.550. The highest BCUT2D eigenvalue weighted by atomic mass is 19.1. The van der Waals surface area contributed by atoms with Gasteiger partial charge < -0.3 is 9.88 Å². The molecule has 0 saturated carbocycles. The van der Waals surface area contributed by atoms with E-state index in [1.54, 1.807) is 41.6 Å². The van der Waals surface area contributed by atoms with Gasteiger partial charge in [-0.1, -0.05) is 42.5 Å². The largest absolute Gasteiger partial charge is 0.338 e. The Kier molecular flexibility index (Phi) is 5.20.